The van der Waals surface area contributed by atoms with Crippen LogP contribution in [0.5, 0.6) is 5.75 Å². The third kappa shape index (κ3) is 2.50. The average molecular weight is 259 g/mol. The van der Waals surface area contributed by atoms with Crippen LogP contribution in [0.4, 0.5) is 5.69 Å². The number of nitrogens with two attached hydrogens (primary N) is 1. The lowest BCUT2D eigenvalue weighted by atomic mass is 10.3. The highest BCUT2D eigenvalue weighted by Gasteiger charge is 2.25. The van der Waals surface area contributed by atoms with Gasteiger partial charge in [-0.1, -0.05) is 12.1 Å². The summed E-state index contributed by atoms with van der Waals surface area (Å²) in [5.74, 6) is 0.664. The van der Waals surface area contributed by atoms with E-state index in [1.54, 1.807) is 15.2 Å². The maximum absolute atomic E-state index is 12.0. The van der Waals surface area contributed by atoms with Gasteiger partial charge in [-0.05, 0) is 25.0 Å². The zero-order chi connectivity index (χ0) is 13.2. The maximum atomic E-state index is 12.0. The highest BCUT2D eigenvalue weighted by molar-refractivity contribution is 5.51. The fourth-order valence-corrected chi connectivity index (χ4v) is 2.09. The molecule has 19 heavy (non-hydrogen) atoms. The molecule has 1 aromatic carbocycles. The lowest BCUT2D eigenvalue weighted by molar-refractivity contribution is 0.297. The van der Waals surface area contributed by atoms with E-state index in [0.717, 1.165) is 12.8 Å². The first-order valence-electron chi connectivity index (χ1n) is 6.50. The van der Waals surface area contributed by atoms with Gasteiger partial charge in [0.1, 0.15) is 12.4 Å². The van der Waals surface area contributed by atoms with Crippen LogP contribution in [-0.4, -0.2) is 15.7 Å². The Bertz CT molecular complexity index is 626. The highest BCUT2D eigenvalue weighted by atomic mass is 16.5. The Hall–Kier alpha value is -2.17. The molecule has 0 atom stereocenters. The summed E-state index contributed by atoms with van der Waals surface area (Å²) in [7, 11) is 0. The topological polar surface area (TPSA) is 62.2 Å². The zero-order valence-electron chi connectivity index (χ0n) is 10.7. The van der Waals surface area contributed by atoms with Gasteiger partial charge in [-0.3, -0.25) is 9.13 Å². The number of rotatable bonds is 5. The van der Waals surface area contributed by atoms with E-state index in [2.05, 4.69) is 0 Å². The summed E-state index contributed by atoms with van der Waals surface area (Å²) in [6.07, 6.45) is 5.90. The summed E-state index contributed by atoms with van der Waals surface area (Å²) < 4.78 is 9.07. The van der Waals surface area contributed by atoms with Crippen molar-refractivity contribution in [1.29, 1.82) is 0 Å². The minimum Gasteiger partial charge on any atom is -0.490 e. The quantitative estimate of drug-likeness (QED) is 0.830. The van der Waals surface area contributed by atoms with Crippen LogP contribution in [0.3, 0.4) is 0 Å². The average Bonchev–Trinajstić information content (AvgIpc) is 3.18. The van der Waals surface area contributed by atoms with E-state index in [9.17, 15) is 4.79 Å². The molecular formula is C14H17N3O2. The molecule has 2 aromatic rings. The van der Waals surface area contributed by atoms with E-state index >= 15 is 0 Å². The van der Waals surface area contributed by atoms with E-state index in [0.29, 0.717) is 30.6 Å². The lowest BCUT2D eigenvalue weighted by Crippen LogP contribution is -2.25. The molecular weight excluding hydrogens is 242 g/mol. The standard InChI is InChI=1S/C14H17N3O2/c15-12-3-1-2-4-13(12)19-10-9-16-7-8-17(14(16)18)11-5-6-11/h1-4,7-8,11H,5-6,9-10,15H2. The van der Waals surface area contributed by atoms with Crippen molar-refractivity contribution >= 4 is 5.69 Å². The number of nitrogens with zero attached hydrogens (tertiary/aromatic N) is 2. The maximum Gasteiger partial charge on any atom is 0.328 e. The van der Waals surface area contributed by atoms with Crippen LogP contribution in [-0.2, 0) is 6.54 Å². The van der Waals surface area contributed by atoms with Crippen LogP contribution >= 0.6 is 0 Å². The van der Waals surface area contributed by atoms with Gasteiger partial charge in [0.2, 0.25) is 0 Å². The van der Waals surface area contributed by atoms with Crippen molar-refractivity contribution in [1.82, 2.24) is 9.13 Å². The van der Waals surface area contributed by atoms with E-state index in [4.69, 9.17) is 10.5 Å². The minimum absolute atomic E-state index is 0.0483. The summed E-state index contributed by atoms with van der Waals surface area (Å²) in [6, 6.07) is 7.78. The molecule has 5 nitrogen and oxygen atoms in total. The third-order valence-corrected chi connectivity index (χ3v) is 3.32. The molecule has 100 valence electrons. The SMILES string of the molecule is Nc1ccccc1OCCn1ccn(C2CC2)c1=O. The minimum atomic E-state index is 0.0483. The molecule has 1 aromatic heterocycles. The fourth-order valence-electron chi connectivity index (χ4n) is 2.09. The Balaban J connectivity index is 1.61. The fraction of sp³-hybridized carbons (Fsp3) is 0.357. The summed E-state index contributed by atoms with van der Waals surface area (Å²) in [6.45, 7) is 0.968. The van der Waals surface area contributed by atoms with E-state index in [-0.39, 0.29) is 5.69 Å². The van der Waals surface area contributed by atoms with Crippen LogP contribution in [0.1, 0.15) is 18.9 Å². The number of nitrogen functional groups attached to an aromatic ring is 1. The first kappa shape index (κ1) is 11.9. The largest absolute Gasteiger partial charge is 0.490 e. The molecule has 5 heteroatoms. The summed E-state index contributed by atoms with van der Waals surface area (Å²) in [4.78, 5) is 12.0. The van der Waals surface area contributed by atoms with Crippen LogP contribution in [0, 0.1) is 0 Å². The number of aromatic nitrogens is 2. The van der Waals surface area contributed by atoms with Gasteiger partial charge in [-0.25, -0.2) is 4.79 Å². The molecule has 0 saturated heterocycles. The number of imidazole rings is 1. The monoisotopic (exact) mass is 259 g/mol. The van der Waals surface area contributed by atoms with Crippen molar-refractivity contribution in [2.75, 3.05) is 12.3 Å². The van der Waals surface area contributed by atoms with E-state index in [1.807, 2.05) is 30.6 Å². The predicted octanol–water partition coefficient (Wildman–Crippen LogP) is 1.65. The second-order valence-electron chi connectivity index (χ2n) is 4.80. The van der Waals surface area contributed by atoms with Crippen molar-refractivity contribution in [3.8, 4) is 5.75 Å². The molecule has 1 aliphatic rings. The van der Waals surface area contributed by atoms with E-state index in [1.165, 1.54) is 0 Å². The van der Waals surface area contributed by atoms with Crippen LogP contribution < -0.4 is 16.2 Å². The van der Waals surface area contributed by atoms with Gasteiger partial charge in [0.05, 0.1) is 12.2 Å². The molecule has 1 fully saturated rings. The van der Waals surface area contributed by atoms with Crippen molar-refractivity contribution in [3.05, 3.63) is 47.1 Å². The van der Waals surface area contributed by atoms with E-state index < -0.39 is 0 Å². The van der Waals surface area contributed by atoms with Gasteiger partial charge < -0.3 is 10.5 Å². The molecule has 0 bridgehead atoms. The number of anilines is 1. The molecule has 1 aliphatic carbocycles. The van der Waals surface area contributed by atoms with Crippen molar-refractivity contribution in [2.24, 2.45) is 0 Å². The highest BCUT2D eigenvalue weighted by Crippen LogP contribution is 2.33. The second-order valence-corrected chi connectivity index (χ2v) is 4.80. The molecule has 2 N–H and O–H groups in total. The molecule has 3 rings (SSSR count). The number of hydrogen-bond acceptors (Lipinski definition) is 3. The molecule has 0 amide bonds. The van der Waals surface area contributed by atoms with Gasteiger partial charge in [0.15, 0.2) is 0 Å². The summed E-state index contributed by atoms with van der Waals surface area (Å²) >= 11 is 0. The third-order valence-electron chi connectivity index (χ3n) is 3.32. The Kier molecular flexibility index (Phi) is 3.03. The van der Waals surface area contributed by atoms with Gasteiger partial charge in [0, 0.05) is 18.4 Å². The van der Waals surface area contributed by atoms with Gasteiger partial charge in [0.25, 0.3) is 0 Å². The van der Waals surface area contributed by atoms with Gasteiger partial charge >= 0.3 is 5.69 Å². The molecule has 0 unspecified atom stereocenters. The Morgan fingerprint density at radius 1 is 1.26 bits per heavy atom. The Morgan fingerprint density at radius 2 is 2.05 bits per heavy atom. The zero-order valence-corrected chi connectivity index (χ0v) is 10.7. The molecule has 0 spiro atoms. The smallest absolute Gasteiger partial charge is 0.328 e. The van der Waals surface area contributed by atoms with Crippen molar-refractivity contribution < 1.29 is 4.74 Å². The predicted molar refractivity (Wildman–Crippen MR) is 73.3 cm³/mol. The first-order valence-corrected chi connectivity index (χ1v) is 6.50. The van der Waals surface area contributed by atoms with Gasteiger partial charge in [-0.2, -0.15) is 0 Å². The molecule has 1 heterocycles. The molecule has 1 saturated carbocycles. The molecule has 0 aliphatic heterocycles. The first-order chi connectivity index (χ1) is 9.25. The summed E-state index contributed by atoms with van der Waals surface area (Å²) in [5.41, 5.74) is 6.45. The van der Waals surface area contributed by atoms with Crippen LogP contribution in [0.25, 0.3) is 0 Å². The molecule has 0 radical (unpaired) electrons. The van der Waals surface area contributed by atoms with Gasteiger partial charge in [-0.15, -0.1) is 0 Å². The van der Waals surface area contributed by atoms with Crippen LogP contribution in [0.2, 0.25) is 0 Å². The number of benzene rings is 1. The van der Waals surface area contributed by atoms with Crippen molar-refractivity contribution in [2.45, 2.75) is 25.4 Å². The normalized spacial score (nSPS) is 14.5. The number of ether oxygens (including phenoxy) is 1. The Morgan fingerprint density at radius 3 is 2.79 bits per heavy atom. The lowest BCUT2D eigenvalue weighted by Gasteiger charge is -2.08. The van der Waals surface area contributed by atoms with Crippen molar-refractivity contribution in [3.63, 3.8) is 0 Å². The summed E-state index contributed by atoms with van der Waals surface area (Å²) in [5, 5.41) is 0. The second kappa shape index (κ2) is 4.84. The number of hydrogen-bond donors (Lipinski definition) is 1. The number of para-hydroxylation sites is 2. The Labute approximate surface area is 111 Å². The van der Waals surface area contributed by atoms with Crippen LogP contribution in [0.15, 0.2) is 41.5 Å².